The molecule has 6 nitrogen and oxygen atoms in total. The van der Waals surface area contributed by atoms with Crippen LogP contribution in [0.4, 0.5) is 0 Å². The molecule has 0 N–H and O–H groups in total. The van der Waals surface area contributed by atoms with Crippen molar-refractivity contribution in [2.24, 2.45) is 25.4 Å². The van der Waals surface area contributed by atoms with E-state index in [9.17, 15) is 0 Å². The van der Waals surface area contributed by atoms with Gasteiger partial charge in [-0.05, 0) is 24.3 Å². The Labute approximate surface area is 97.5 Å². The largest absolute Gasteiger partial charge is 0.440 e. The van der Waals surface area contributed by atoms with Crippen molar-refractivity contribution >= 4 is 18.1 Å². The van der Waals surface area contributed by atoms with Crippen LogP contribution in [-0.4, -0.2) is 24.1 Å². The summed E-state index contributed by atoms with van der Waals surface area (Å²) in [5.41, 5.74) is 1.17. The van der Waals surface area contributed by atoms with Crippen molar-refractivity contribution < 1.29 is 4.74 Å². The standard InChI is InChI=1S/C11H9N5O/c1-7-2-4-8(5-3-7)17-11-9-10(12-6-13-11)15-16-14-9/h2-6,9H,1H3. The van der Waals surface area contributed by atoms with Gasteiger partial charge in [0.15, 0.2) is 5.84 Å². The number of amidine groups is 1. The molecule has 1 atom stereocenters. The van der Waals surface area contributed by atoms with E-state index in [1.54, 1.807) is 0 Å². The monoisotopic (exact) mass is 227 g/mol. The molecular weight excluding hydrogens is 218 g/mol. The molecule has 17 heavy (non-hydrogen) atoms. The van der Waals surface area contributed by atoms with E-state index in [0.717, 1.165) is 0 Å². The predicted molar refractivity (Wildman–Crippen MR) is 63.8 cm³/mol. The lowest BCUT2D eigenvalue weighted by Gasteiger charge is -2.13. The molecule has 0 radical (unpaired) electrons. The summed E-state index contributed by atoms with van der Waals surface area (Å²) in [4.78, 5) is 8.03. The summed E-state index contributed by atoms with van der Waals surface area (Å²) >= 11 is 0. The molecule has 0 spiro atoms. The van der Waals surface area contributed by atoms with E-state index >= 15 is 0 Å². The van der Waals surface area contributed by atoms with Crippen LogP contribution < -0.4 is 4.74 Å². The summed E-state index contributed by atoms with van der Waals surface area (Å²) in [6, 6.07) is 7.30. The highest BCUT2D eigenvalue weighted by Crippen LogP contribution is 2.17. The van der Waals surface area contributed by atoms with Gasteiger partial charge in [-0.15, -0.1) is 10.2 Å². The number of rotatable bonds is 1. The fourth-order valence-corrected chi connectivity index (χ4v) is 1.51. The van der Waals surface area contributed by atoms with Crippen molar-refractivity contribution in [2.45, 2.75) is 13.0 Å². The number of hydrogen-bond donors (Lipinski definition) is 0. The molecule has 0 aromatic heterocycles. The quantitative estimate of drug-likeness (QED) is 0.722. The van der Waals surface area contributed by atoms with Crippen LogP contribution in [0.3, 0.4) is 0 Å². The van der Waals surface area contributed by atoms with Gasteiger partial charge in [-0.25, -0.2) is 9.98 Å². The Morgan fingerprint density at radius 3 is 2.82 bits per heavy atom. The molecule has 1 unspecified atom stereocenters. The number of ether oxygens (including phenoxy) is 1. The highest BCUT2D eigenvalue weighted by molar-refractivity contribution is 6.15. The lowest BCUT2D eigenvalue weighted by Crippen LogP contribution is -2.32. The molecule has 2 aliphatic rings. The number of fused-ring (bicyclic) bond motifs is 1. The maximum atomic E-state index is 5.65. The highest BCUT2D eigenvalue weighted by Gasteiger charge is 2.29. The van der Waals surface area contributed by atoms with Crippen molar-refractivity contribution in [3.63, 3.8) is 0 Å². The summed E-state index contributed by atoms with van der Waals surface area (Å²) in [6.07, 6.45) is 1.40. The summed E-state index contributed by atoms with van der Waals surface area (Å²) in [6.45, 7) is 2.02. The third-order valence-electron chi connectivity index (χ3n) is 2.41. The molecular formula is C11H9N5O. The molecule has 0 aliphatic carbocycles. The Morgan fingerprint density at radius 1 is 1.18 bits per heavy atom. The fraction of sp³-hybridized carbons (Fsp3) is 0.182. The second-order valence-corrected chi connectivity index (χ2v) is 3.69. The zero-order chi connectivity index (χ0) is 11.7. The van der Waals surface area contributed by atoms with Crippen LogP contribution in [0.15, 0.2) is 49.7 Å². The van der Waals surface area contributed by atoms with Gasteiger partial charge in [-0.1, -0.05) is 17.7 Å². The molecule has 84 valence electrons. The first kappa shape index (κ1) is 9.83. The number of nitrogens with zero attached hydrogens (tertiary/aromatic N) is 5. The van der Waals surface area contributed by atoms with Gasteiger partial charge >= 0.3 is 0 Å². The maximum absolute atomic E-state index is 5.65. The van der Waals surface area contributed by atoms with Crippen molar-refractivity contribution in [1.82, 2.24) is 0 Å². The SMILES string of the molecule is Cc1ccc(OC2=NC=NC3=NN=NC32)cc1. The third kappa shape index (κ3) is 1.84. The van der Waals surface area contributed by atoms with Gasteiger partial charge in [-0.3, -0.25) is 0 Å². The second-order valence-electron chi connectivity index (χ2n) is 3.69. The Balaban J connectivity index is 1.84. The molecule has 0 saturated carbocycles. The maximum Gasteiger partial charge on any atom is 0.231 e. The van der Waals surface area contributed by atoms with Crippen molar-refractivity contribution in [1.29, 1.82) is 0 Å². The van der Waals surface area contributed by atoms with E-state index in [-0.39, 0.29) is 0 Å². The van der Waals surface area contributed by atoms with E-state index in [4.69, 9.17) is 4.74 Å². The number of hydrogen-bond acceptors (Lipinski definition) is 6. The predicted octanol–water partition coefficient (Wildman–Crippen LogP) is 1.96. The molecule has 2 heterocycles. The zero-order valence-corrected chi connectivity index (χ0v) is 9.11. The topological polar surface area (TPSA) is 71.0 Å². The molecule has 3 rings (SSSR count). The van der Waals surface area contributed by atoms with Crippen LogP contribution in [0.1, 0.15) is 5.56 Å². The van der Waals surface area contributed by atoms with Crippen molar-refractivity contribution in [2.75, 3.05) is 0 Å². The van der Waals surface area contributed by atoms with Crippen LogP contribution in [-0.2, 0) is 0 Å². The number of aliphatic imine (C=N–C) groups is 2. The van der Waals surface area contributed by atoms with E-state index in [1.165, 1.54) is 11.9 Å². The minimum absolute atomic E-state index is 0.402. The Bertz CT molecular complexity index is 556. The highest BCUT2D eigenvalue weighted by atomic mass is 16.5. The number of benzene rings is 1. The Kier molecular flexibility index (Phi) is 2.25. The first-order chi connectivity index (χ1) is 8.33. The van der Waals surface area contributed by atoms with Crippen LogP contribution in [0.2, 0.25) is 0 Å². The Hall–Kier alpha value is -2.37. The minimum Gasteiger partial charge on any atom is -0.440 e. The van der Waals surface area contributed by atoms with Gasteiger partial charge in [0.2, 0.25) is 11.9 Å². The minimum atomic E-state index is -0.402. The molecule has 2 aliphatic heterocycles. The average molecular weight is 227 g/mol. The molecule has 1 aromatic carbocycles. The molecule has 6 heteroatoms. The van der Waals surface area contributed by atoms with E-state index in [0.29, 0.717) is 17.5 Å². The van der Waals surface area contributed by atoms with Gasteiger partial charge in [0.25, 0.3) is 0 Å². The Morgan fingerprint density at radius 2 is 2.00 bits per heavy atom. The third-order valence-corrected chi connectivity index (χ3v) is 2.41. The lowest BCUT2D eigenvalue weighted by atomic mass is 10.2. The molecule has 0 bridgehead atoms. The molecule has 0 fully saturated rings. The van der Waals surface area contributed by atoms with E-state index < -0.39 is 6.04 Å². The normalized spacial score (nSPS) is 20.9. The summed E-state index contributed by atoms with van der Waals surface area (Å²) in [5.74, 6) is 1.68. The fourth-order valence-electron chi connectivity index (χ4n) is 1.51. The first-order valence-electron chi connectivity index (χ1n) is 5.15. The smallest absolute Gasteiger partial charge is 0.231 e. The van der Waals surface area contributed by atoms with Gasteiger partial charge in [-0.2, -0.15) is 0 Å². The van der Waals surface area contributed by atoms with Gasteiger partial charge in [0.1, 0.15) is 12.1 Å². The lowest BCUT2D eigenvalue weighted by molar-refractivity contribution is 0.532. The van der Waals surface area contributed by atoms with E-state index in [1.807, 2.05) is 31.2 Å². The first-order valence-corrected chi connectivity index (χ1v) is 5.15. The summed E-state index contributed by atoms with van der Waals surface area (Å²) < 4.78 is 5.65. The molecule has 0 amide bonds. The van der Waals surface area contributed by atoms with Gasteiger partial charge in [0, 0.05) is 0 Å². The number of aryl methyl sites for hydroxylation is 1. The van der Waals surface area contributed by atoms with Crippen LogP contribution in [0.5, 0.6) is 5.75 Å². The van der Waals surface area contributed by atoms with Crippen molar-refractivity contribution in [3.05, 3.63) is 29.8 Å². The molecule has 1 aromatic rings. The zero-order valence-electron chi connectivity index (χ0n) is 9.11. The van der Waals surface area contributed by atoms with Crippen molar-refractivity contribution in [3.8, 4) is 5.75 Å². The van der Waals surface area contributed by atoms with Crippen LogP contribution in [0, 0.1) is 6.92 Å². The molecule has 0 saturated heterocycles. The van der Waals surface area contributed by atoms with Crippen LogP contribution >= 0.6 is 0 Å². The average Bonchev–Trinajstić information content (AvgIpc) is 2.81. The second kappa shape index (κ2) is 3.89. The van der Waals surface area contributed by atoms with Crippen LogP contribution in [0.25, 0.3) is 0 Å². The van der Waals surface area contributed by atoms with Gasteiger partial charge in [0.05, 0.1) is 0 Å². The van der Waals surface area contributed by atoms with E-state index in [2.05, 4.69) is 25.4 Å². The summed E-state index contributed by atoms with van der Waals surface area (Å²) in [7, 11) is 0. The summed E-state index contributed by atoms with van der Waals surface area (Å²) in [5, 5.41) is 11.3. The van der Waals surface area contributed by atoms with Gasteiger partial charge < -0.3 is 4.74 Å².